The van der Waals surface area contributed by atoms with Gasteiger partial charge in [-0.05, 0) is 26.7 Å². The summed E-state index contributed by atoms with van der Waals surface area (Å²) >= 11 is 0. The minimum absolute atomic E-state index is 0.0338. The van der Waals surface area contributed by atoms with Gasteiger partial charge in [0.1, 0.15) is 0 Å². The fourth-order valence-electron chi connectivity index (χ4n) is 1.75. The second-order valence-electron chi connectivity index (χ2n) is 4.21. The SMILES string of the molecule is C#CCCNC1CCOC(C)(C)C1. The van der Waals surface area contributed by atoms with Gasteiger partial charge in [-0.15, -0.1) is 12.3 Å². The van der Waals surface area contributed by atoms with E-state index in [1.54, 1.807) is 0 Å². The number of hydrogen-bond donors (Lipinski definition) is 1. The Morgan fingerprint density at radius 3 is 3.00 bits per heavy atom. The van der Waals surface area contributed by atoms with E-state index in [0.717, 1.165) is 32.4 Å². The third-order valence-corrected chi connectivity index (χ3v) is 2.40. The molecule has 1 rings (SSSR count). The first-order valence-corrected chi connectivity index (χ1v) is 4.95. The molecule has 74 valence electrons. The molecule has 13 heavy (non-hydrogen) atoms. The quantitative estimate of drug-likeness (QED) is 0.527. The van der Waals surface area contributed by atoms with Crippen LogP contribution < -0.4 is 5.32 Å². The van der Waals surface area contributed by atoms with Gasteiger partial charge in [0.15, 0.2) is 0 Å². The molecule has 2 heteroatoms. The topological polar surface area (TPSA) is 21.3 Å². The number of ether oxygens (including phenoxy) is 1. The normalized spacial score (nSPS) is 26.7. The zero-order valence-electron chi connectivity index (χ0n) is 8.60. The Kier molecular flexibility index (Phi) is 3.77. The average Bonchev–Trinajstić information content (AvgIpc) is 2.03. The van der Waals surface area contributed by atoms with Gasteiger partial charge < -0.3 is 10.1 Å². The molecule has 0 saturated carbocycles. The largest absolute Gasteiger partial charge is 0.375 e. The molecule has 0 aromatic carbocycles. The summed E-state index contributed by atoms with van der Waals surface area (Å²) in [6, 6.07) is 0.581. The lowest BCUT2D eigenvalue weighted by atomic mass is 9.94. The zero-order valence-corrected chi connectivity index (χ0v) is 8.60. The second-order valence-corrected chi connectivity index (χ2v) is 4.21. The van der Waals surface area contributed by atoms with Crippen LogP contribution in [0.5, 0.6) is 0 Å². The van der Waals surface area contributed by atoms with E-state index in [1.165, 1.54) is 0 Å². The molecule has 1 aliphatic heterocycles. The molecule has 0 aromatic heterocycles. The van der Waals surface area contributed by atoms with E-state index >= 15 is 0 Å². The first-order valence-electron chi connectivity index (χ1n) is 4.95. The number of terminal acetylenes is 1. The van der Waals surface area contributed by atoms with Crippen molar-refractivity contribution in [1.82, 2.24) is 5.32 Å². The number of nitrogens with one attached hydrogen (secondary N) is 1. The van der Waals surface area contributed by atoms with Crippen molar-refractivity contribution >= 4 is 0 Å². The Morgan fingerprint density at radius 1 is 1.62 bits per heavy atom. The summed E-state index contributed by atoms with van der Waals surface area (Å²) in [5, 5.41) is 3.46. The third kappa shape index (κ3) is 3.80. The second kappa shape index (κ2) is 4.64. The maximum Gasteiger partial charge on any atom is 0.0641 e. The summed E-state index contributed by atoms with van der Waals surface area (Å²) in [7, 11) is 0. The van der Waals surface area contributed by atoms with Crippen LogP contribution in [0.4, 0.5) is 0 Å². The van der Waals surface area contributed by atoms with Crippen LogP contribution in [0.25, 0.3) is 0 Å². The molecule has 1 fully saturated rings. The zero-order chi connectivity index (χ0) is 9.73. The molecule has 1 aliphatic rings. The van der Waals surface area contributed by atoms with E-state index in [2.05, 4.69) is 25.1 Å². The summed E-state index contributed by atoms with van der Waals surface area (Å²) in [5.41, 5.74) is 0.0338. The molecule has 1 unspecified atom stereocenters. The van der Waals surface area contributed by atoms with E-state index < -0.39 is 0 Å². The maximum atomic E-state index is 5.62. The molecule has 1 N–H and O–H groups in total. The molecule has 0 aromatic rings. The van der Waals surface area contributed by atoms with Crippen molar-refractivity contribution in [3.63, 3.8) is 0 Å². The molecule has 1 heterocycles. The highest BCUT2D eigenvalue weighted by Crippen LogP contribution is 2.23. The van der Waals surface area contributed by atoms with Crippen molar-refractivity contribution in [3.05, 3.63) is 0 Å². The van der Waals surface area contributed by atoms with Gasteiger partial charge in [-0.2, -0.15) is 0 Å². The molecular formula is C11H19NO. The minimum atomic E-state index is 0.0338. The van der Waals surface area contributed by atoms with Crippen molar-refractivity contribution in [2.45, 2.75) is 44.8 Å². The first-order chi connectivity index (χ1) is 6.14. The molecule has 1 atom stereocenters. The molecule has 2 nitrogen and oxygen atoms in total. The Morgan fingerprint density at radius 2 is 2.38 bits per heavy atom. The Labute approximate surface area is 81.0 Å². The highest BCUT2D eigenvalue weighted by atomic mass is 16.5. The molecule has 0 amide bonds. The standard InChI is InChI=1S/C11H19NO/c1-4-5-7-12-10-6-8-13-11(2,3)9-10/h1,10,12H,5-9H2,2-3H3. The van der Waals surface area contributed by atoms with Crippen LogP contribution in [0, 0.1) is 12.3 Å². The lowest BCUT2D eigenvalue weighted by Crippen LogP contribution is -2.43. The minimum Gasteiger partial charge on any atom is -0.375 e. The smallest absolute Gasteiger partial charge is 0.0641 e. The molecule has 1 saturated heterocycles. The van der Waals surface area contributed by atoms with Crippen LogP contribution in [0.2, 0.25) is 0 Å². The van der Waals surface area contributed by atoms with Gasteiger partial charge in [0.2, 0.25) is 0 Å². The lowest BCUT2D eigenvalue weighted by molar-refractivity contribution is -0.0626. The van der Waals surface area contributed by atoms with Crippen molar-refractivity contribution in [2.24, 2.45) is 0 Å². The summed E-state index contributed by atoms with van der Waals surface area (Å²) < 4.78 is 5.62. The van der Waals surface area contributed by atoms with Gasteiger partial charge in [-0.1, -0.05) is 0 Å². The van der Waals surface area contributed by atoms with E-state index in [1.807, 2.05) is 0 Å². The maximum absolute atomic E-state index is 5.62. The summed E-state index contributed by atoms with van der Waals surface area (Å²) in [4.78, 5) is 0. The highest BCUT2D eigenvalue weighted by Gasteiger charge is 2.27. The van der Waals surface area contributed by atoms with E-state index in [0.29, 0.717) is 6.04 Å². The Balaban J connectivity index is 2.23. The van der Waals surface area contributed by atoms with Crippen LogP contribution in [0.3, 0.4) is 0 Å². The van der Waals surface area contributed by atoms with Crippen LogP contribution in [0.15, 0.2) is 0 Å². The highest BCUT2D eigenvalue weighted by molar-refractivity contribution is 4.87. The van der Waals surface area contributed by atoms with Crippen LogP contribution >= 0.6 is 0 Å². The Hall–Kier alpha value is -0.520. The van der Waals surface area contributed by atoms with E-state index in [-0.39, 0.29) is 5.60 Å². The molecule has 0 radical (unpaired) electrons. The van der Waals surface area contributed by atoms with E-state index in [9.17, 15) is 0 Å². The molecule has 0 bridgehead atoms. The molecular weight excluding hydrogens is 162 g/mol. The fraction of sp³-hybridized carbons (Fsp3) is 0.818. The van der Waals surface area contributed by atoms with Gasteiger partial charge in [0, 0.05) is 25.6 Å². The van der Waals surface area contributed by atoms with Crippen molar-refractivity contribution in [3.8, 4) is 12.3 Å². The summed E-state index contributed by atoms with van der Waals surface area (Å²) in [6.45, 7) is 6.07. The molecule has 0 aliphatic carbocycles. The lowest BCUT2D eigenvalue weighted by Gasteiger charge is -2.35. The van der Waals surface area contributed by atoms with Crippen LogP contribution in [0.1, 0.15) is 33.1 Å². The predicted molar refractivity (Wildman–Crippen MR) is 54.5 cm³/mol. The van der Waals surface area contributed by atoms with Gasteiger partial charge in [-0.25, -0.2) is 0 Å². The van der Waals surface area contributed by atoms with Crippen molar-refractivity contribution < 1.29 is 4.74 Å². The van der Waals surface area contributed by atoms with Gasteiger partial charge >= 0.3 is 0 Å². The summed E-state index contributed by atoms with van der Waals surface area (Å²) in [6.07, 6.45) is 8.19. The van der Waals surface area contributed by atoms with Gasteiger partial charge in [0.25, 0.3) is 0 Å². The summed E-state index contributed by atoms with van der Waals surface area (Å²) in [5.74, 6) is 2.63. The number of hydrogen-bond acceptors (Lipinski definition) is 2. The third-order valence-electron chi connectivity index (χ3n) is 2.40. The van der Waals surface area contributed by atoms with E-state index in [4.69, 9.17) is 11.2 Å². The average molecular weight is 181 g/mol. The van der Waals surface area contributed by atoms with Gasteiger partial charge in [0.05, 0.1) is 5.60 Å². The first kappa shape index (κ1) is 10.6. The fourth-order valence-corrected chi connectivity index (χ4v) is 1.75. The predicted octanol–water partition coefficient (Wildman–Crippen LogP) is 1.56. The monoisotopic (exact) mass is 181 g/mol. The van der Waals surface area contributed by atoms with Crippen molar-refractivity contribution in [2.75, 3.05) is 13.2 Å². The van der Waals surface area contributed by atoms with Gasteiger partial charge in [-0.3, -0.25) is 0 Å². The molecule has 0 spiro atoms. The number of rotatable bonds is 3. The Bertz CT molecular complexity index is 193. The van der Waals surface area contributed by atoms with Crippen LogP contribution in [-0.4, -0.2) is 24.8 Å². The van der Waals surface area contributed by atoms with Crippen LogP contribution in [-0.2, 0) is 4.74 Å². The van der Waals surface area contributed by atoms with Crippen molar-refractivity contribution in [1.29, 1.82) is 0 Å².